The maximum Gasteiger partial charge on any atom is -0.0161 e. The van der Waals surface area contributed by atoms with Crippen LogP contribution >= 0.6 is 0 Å². The van der Waals surface area contributed by atoms with Gasteiger partial charge in [0.1, 0.15) is 0 Å². The van der Waals surface area contributed by atoms with Gasteiger partial charge >= 0.3 is 0 Å². The molecule has 0 aliphatic rings. The van der Waals surface area contributed by atoms with E-state index in [0.29, 0.717) is 0 Å². The fourth-order valence-corrected chi connectivity index (χ4v) is 2.68. The molecule has 0 aromatic heterocycles. The molecule has 0 fully saturated rings. The molecule has 0 nitrogen and oxygen atoms in total. The zero-order valence-electron chi connectivity index (χ0n) is 16.5. The highest BCUT2D eigenvalue weighted by Crippen LogP contribution is 2.19. The minimum Gasteiger partial charge on any atom is -0.106 e. The molecule has 0 heterocycles. The molecule has 0 bridgehead atoms. The molecule has 26 heavy (non-hydrogen) atoms. The van der Waals surface area contributed by atoms with E-state index in [-0.39, 0.29) is 0 Å². The predicted octanol–water partition coefficient (Wildman–Crippen LogP) is 8.01. The number of aryl methyl sites for hydroxylation is 2. The average Bonchev–Trinajstić information content (AvgIpc) is 2.65. The van der Waals surface area contributed by atoms with Gasteiger partial charge in [0.25, 0.3) is 0 Å². The first kappa shape index (κ1) is 21.2. The molecule has 0 saturated carbocycles. The number of hydrogen-bond acceptors (Lipinski definition) is 0. The summed E-state index contributed by atoms with van der Waals surface area (Å²) < 4.78 is 0. The quantitative estimate of drug-likeness (QED) is 0.414. The SMILES string of the molecule is C=C.C=C(C)c1ccccc1/C=C\C.Cc1cc2ccccc2cc1C. The molecule has 0 amide bonds. The summed E-state index contributed by atoms with van der Waals surface area (Å²) in [6.07, 6.45) is 4.14. The van der Waals surface area contributed by atoms with Crippen LogP contribution in [0.25, 0.3) is 22.4 Å². The highest BCUT2D eigenvalue weighted by Gasteiger charge is 1.97. The fraction of sp³-hybridized carbons (Fsp3) is 0.154. The van der Waals surface area contributed by atoms with Crippen LogP contribution in [-0.4, -0.2) is 0 Å². The van der Waals surface area contributed by atoms with Crippen molar-refractivity contribution >= 4 is 22.4 Å². The third-order valence-corrected chi connectivity index (χ3v) is 4.13. The third kappa shape index (κ3) is 5.89. The molecule has 0 atom stereocenters. The molecule has 0 N–H and O–H groups in total. The highest BCUT2D eigenvalue weighted by atomic mass is 14.0. The Bertz CT molecular complexity index is 841. The lowest BCUT2D eigenvalue weighted by Gasteiger charge is -2.03. The van der Waals surface area contributed by atoms with E-state index in [0.717, 1.165) is 5.57 Å². The van der Waals surface area contributed by atoms with E-state index < -0.39 is 0 Å². The Morgan fingerprint density at radius 3 is 1.73 bits per heavy atom. The van der Waals surface area contributed by atoms with E-state index in [9.17, 15) is 0 Å². The Labute approximate surface area is 159 Å². The highest BCUT2D eigenvalue weighted by molar-refractivity contribution is 5.83. The molecule has 0 radical (unpaired) electrons. The van der Waals surface area contributed by atoms with Gasteiger partial charge in [-0.2, -0.15) is 0 Å². The Kier molecular flexibility index (Phi) is 8.87. The van der Waals surface area contributed by atoms with Crippen LogP contribution in [0.2, 0.25) is 0 Å². The Morgan fingerprint density at radius 1 is 0.808 bits per heavy atom. The van der Waals surface area contributed by atoms with Gasteiger partial charge in [-0.05, 0) is 60.7 Å². The summed E-state index contributed by atoms with van der Waals surface area (Å²) in [5, 5.41) is 2.67. The molecule has 3 rings (SSSR count). The summed E-state index contributed by atoms with van der Waals surface area (Å²) in [5.41, 5.74) is 6.33. The molecule has 0 saturated heterocycles. The second-order valence-corrected chi connectivity index (χ2v) is 6.15. The van der Waals surface area contributed by atoms with E-state index in [4.69, 9.17) is 0 Å². The second kappa shape index (κ2) is 10.9. The predicted molar refractivity (Wildman–Crippen MR) is 121 cm³/mol. The van der Waals surface area contributed by atoms with Crippen LogP contribution in [0, 0.1) is 13.8 Å². The first-order chi connectivity index (χ1) is 12.5. The summed E-state index contributed by atoms with van der Waals surface area (Å²) in [7, 11) is 0. The van der Waals surface area contributed by atoms with E-state index >= 15 is 0 Å². The van der Waals surface area contributed by atoms with Crippen LogP contribution in [0.15, 0.2) is 86.5 Å². The topological polar surface area (TPSA) is 0 Å². The molecule has 0 aliphatic carbocycles. The second-order valence-electron chi connectivity index (χ2n) is 6.15. The minimum absolute atomic E-state index is 1.11. The first-order valence-electron chi connectivity index (χ1n) is 8.86. The summed E-state index contributed by atoms with van der Waals surface area (Å²) in [4.78, 5) is 0. The van der Waals surface area contributed by atoms with Crippen molar-refractivity contribution in [1.82, 2.24) is 0 Å². The summed E-state index contributed by atoms with van der Waals surface area (Å²) in [6.45, 7) is 18.3. The monoisotopic (exact) mass is 342 g/mol. The van der Waals surface area contributed by atoms with Gasteiger partial charge in [-0.1, -0.05) is 85.0 Å². The number of allylic oxidation sites excluding steroid dienone is 2. The molecule has 3 aromatic rings. The van der Waals surface area contributed by atoms with Crippen molar-refractivity contribution in [2.45, 2.75) is 27.7 Å². The molecule has 0 unspecified atom stereocenters. The summed E-state index contributed by atoms with van der Waals surface area (Å²) >= 11 is 0. The zero-order valence-corrected chi connectivity index (χ0v) is 16.5. The molecular weight excluding hydrogens is 312 g/mol. The zero-order chi connectivity index (χ0) is 19.5. The maximum absolute atomic E-state index is 3.93. The lowest BCUT2D eigenvalue weighted by atomic mass is 10.0. The van der Waals surface area contributed by atoms with Crippen LogP contribution < -0.4 is 0 Å². The third-order valence-electron chi connectivity index (χ3n) is 4.13. The number of rotatable bonds is 2. The normalized spacial score (nSPS) is 9.85. The van der Waals surface area contributed by atoms with Gasteiger partial charge in [0.2, 0.25) is 0 Å². The standard InChI is InChI=1S/C12H12.C12H14.C2H4/c1-9-7-11-5-3-4-6-12(11)8-10(9)2;1-4-7-11-8-5-6-9-12(11)10(2)3;1-2/h3-8H,1-2H3;4-9H,2H2,1,3H3;1-2H2/b;7-4-;. The molecule has 134 valence electrons. The smallest absolute Gasteiger partial charge is 0.0161 e. The van der Waals surface area contributed by atoms with Gasteiger partial charge in [0.05, 0.1) is 0 Å². The summed E-state index contributed by atoms with van der Waals surface area (Å²) in [6, 6.07) is 21.2. The van der Waals surface area contributed by atoms with Gasteiger partial charge in [-0.3, -0.25) is 0 Å². The molecular formula is C26H30. The van der Waals surface area contributed by atoms with Crippen molar-refractivity contribution in [2.24, 2.45) is 0 Å². The van der Waals surface area contributed by atoms with Crippen LogP contribution in [0.1, 0.15) is 36.1 Å². The average molecular weight is 343 g/mol. The number of fused-ring (bicyclic) bond motifs is 1. The largest absolute Gasteiger partial charge is 0.106 e. The van der Waals surface area contributed by atoms with Crippen molar-refractivity contribution < 1.29 is 0 Å². The molecule has 3 aromatic carbocycles. The first-order valence-corrected chi connectivity index (χ1v) is 8.86. The molecule has 0 spiro atoms. The van der Waals surface area contributed by atoms with Crippen molar-refractivity contribution in [2.75, 3.05) is 0 Å². The Balaban J connectivity index is 0.000000238. The van der Waals surface area contributed by atoms with Crippen molar-refractivity contribution in [3.8, 4) is 0 Å². The van der Waals surface area contributed by atoms with Crippen molar-refractivity contribution in [3.05, 3.63) is 109 Å². The summed E-state index contributed by atoms with van der Waals surface area (Å²) in [5.74, 6) is 0. The van der Waals surface area contributed by atoms with Crippen LogP contribution in [0.3, 0.4) is 0 Å². The maximum atomic E-state index is 3.93. The molecule has 0 aliphatic heterocycles. The number of hydrogen-bond donors (Lipinski definition) is 0. The van der Waals surface area contributed by atoms with Crippen LogP contribution in [0.4, 0.5) is 0 Å². The van der Waals surface area contributed by atoms with Gasteiger partial charge in [0.15, 0.2) is 0 Å². The van der Waals surface area contributed by atoms with Crippen LogP contribution in [0.5, 0.6) is 0 Å². The lowest BCUT2D eigenvalue weighted by molar-refractivity contribution is 1.37. The van der Waals surface area contributed by atoms with Gasteiger partial charge in [-0.15, -0.1) is 13.2 Å². The molecule has 0 heteroatoms. The fourth-order valence-electron chi connectivity index (χ4n) is 2.68. The Morgan fingerprint density at radius 2 is 1.27 bits per heavy atom. The minimum atomic E-state index is 1.11. The van der Waals surface area contributed by atoms with E-state index in [1.807, 2.05) is 32.1 Å². The van der Waals surface area contributed by atoms with Crippen molar-refractivity contribution in [1.29, 1.82) is 0 Å². The van der Waals surface area contributed by atoms with E-state index in [2.05, 4.69) is 88.2 Å². The van der Waals surface area contributed by atoms with E-state index in [1.165, 1.54) is 33.0 Å². The number of benzene rings is 3. The van der Waals surface area contributed by atoms with E-state index in [1.54, 1.807) is 0 Å². The van der Waals surface area contributed by atoms with Crippen molar-refractivity contribution in [3.63, 3.8) is 0 Å². The Hall–Kier alpha value is -2.86. The van der Waals surface area contributed by atoms with Gasteiger partial charge in [0, 0.05) is 0 Å². The van der Waals surface area contributed by atoms with Crippen LogP contribution in [-0.2, 0) is 0 Å². The van der Waals surface area contributed by atoms with Gasteiger partial charge < -0.3 is 0 Å². The lowest BCUT2D eigenvalue weighted by Crippen LogP contribution is -1.82. The van der Waals surface area contributed by atoms with Gasteiger partial charge in [-0.25, -0.2) is 0 Å².